The van der Waals surface area contributed by atoms with E-state index in [0.29, 0.717) is 6.04 Å². The Labute approximate surface area is 120 Å². The smallest absolute Gasteiger partial charge is 0.122 e. The first-order chi connectivity index (χ1) is 9.30. The fraction of sp³-hybridized carbons (Fsp3) is 0.800. The normalized spacial score (nSPS) is 20.3. The number of thiazole rings is 1. The molecule has 1 heterocycles. The topological polar surface area (TPSA) is 34.2 Å². The first-order valence-electron chi connectivity index (χ1n) is 7.64. The summed E-state index contributed by atoms with van der Waals surface area (Å²) in [6.45, 7) is 8.31. The maximum atomic E-state index is 5.80. The predicted octanol–water partition coefficient (Wildman–Crippen LogP) is 4.01. The molecule has 1 N–H and O–H groups in total. The van der Waals surface area contributed by atoms with Gasteiger partial charge in [-0.1, -0.05) is 13.8 Å². The van der Waals surface area contributed by atoms with Crippen LogP contribution in [-0.4, -0.2) is 18.1 Å². The van der Waals surface area contributed by atoms with E-state index in [4.69, 9.17) is 9.72 Å². The minimum absolute atomic E-state index is 0.187. The molecule has 3 nitrogen and oxygen atoms in total. The van der Waals surface area contributed by atoms with Crippen molar-refractivity contribution in [1.82, 2.24) is 10.3 Å². The number of aromatic nitrogens is 1. The van der Waals surface area contributed by atoms with Gasteiger partial charge >= 0.3 is 0 Å². The molecule has 4 heteroatoms. The van der Waals surface area contributed by atoms with E-state index in [1.54, 1.807) is 0 Å². The number of nitrogens with zero attached hydrogens (tertiary/aromatic N) is 1. The number of rotatable bonds is 7. The average Bonchev–Trinajstić information content (AvgIpc) is 2.86. The van der Waals surface area contributed by atoms with Crippen molar-refractivity contribution in [3.05, 3.63) is 15.6 Å². The van der Waals surface area contributed by atoms with Gasteiger partial charge in [-0.25, -0.2) is 4.98 Å². The summed E-state index contributed by atoms with van der Waals surface area (Å²) in [5.74, 6) is 0. The molecule has 0 fully saturated rings. The molecule has 1 aromatic heterocycles. The third-order valence-corrected chi connectivity index (χ3v) is 4.93. The second-order valence-corrected chi connectivity index (χ2v) is 6.18. The standard InChI is InChI=1S/C15H26N2OS/c1-4-10-16-11-8-7-9-12-14(11)19-15(17-12)13(5-2)18-6-3/h11,13,16H,4-10H2,1-3H3. The molecular formula is C15H26N2OS. The van der Waals surface area contributed by atoms with Gasteiger partial charge in [-0.2, -0.15) is 0 Å². The molecule has 0 radical (unpaired) electrons. The first kappa shape index (κ1) is 14.9. The van der Waals surface area contributed by atoms with Crippen LogP contribution in [0.1, 0.15) is 74.2 Å². The molecule has 108 valence electrons. The van der Waals surface area contributed by atoms with E-state index < -0.39 is 0 Å². The van der Waals surface area contributed by atoms with Crippen molar-refractivity contribution in [3.63, 3.8) is 0 Å². The SMILES string of the molecule is CCCNC1CCCc2nc(C(CC)OCC)sc21. The monoisotopic (exact) mass is 282 g/mol. The van der Waals surface area contributed by atoms with E-state index >= 15 is 0 Å². The molecule has 1 aliphatic carbocycles. The fourth-order valence-corrected chi connectivity index (χ4v) is 4.01. The molecular weight excluding hydrogens is 256 g/mol. The van der Waals surface area contributed by atoms with Crippen LogP contribution in [-0.2, 0) is 11.2 Å². The highest BCUT2D eigenvalue weighted by Gasteiger charge is 2.26. The molecule has 2 atom stereocenters. The van der Waals surface area contributed by atoms with Gasteiger partial charge in [0.25, 0.3) is 0 Å². The molecule has 2 unspecified atom stereocenters. The van der Waals surface area contributed by atoms with E-state index in [1.165, 1.54) is 34.8 Å². The van der Waals surface area contributed by atoms with Crippen LogP contribution in [0.2, 0.25) is 0 Å². The van der Waals surface area contributed by atoms with E-state index in [-0.39, 0.29) is 6.10 Å². The van der Waals surface area contributed by atoms with Gasteiger partial charge in [-0.3, -0.25) is 0 Å². The van der Waals surface area contributed by atoms with Gasteiger partial charge in [0.05, 0.1) is 5.69 Å². The van der Waals surface area contributed by atoms with Gasteiger partial charge in [0.1, 0.15) is 11.1 Å². The molecule has 2 rings (SSSR count). The predicted molar refractivity (Wildman–Crippen MR) is 80.7 cm³/mol. The maximum absolute atomic E-state index is 5.80. The van der Waals surface area contributed by atoms with Crippen molar-refractivity contribution in [3.8, 4) is 0 Å². The van der Waals surface area contributed by atoms with Gasteiger partial charge in [-0.05, 0) is 45.6 Å². The average molecular weight is 282 g/mol. The highest BCUT2D eigenvalue weighted by molar-refractivity contribution is 7.11. The summed E-state index contributed by atoms with van der Waals surface area (Å²) >= 11 is 1.87. The van der Waals surface area contributed by atoms with Gasteiger partial charge in [-0.15, -0.1) is 11.3 Å². The molecule has 1 aliphatic rings. The molecule has 0 aliphatic heterocycles. The third-order valence-electron chi connectivity index (χ3n) is 3.62. The lowest BCUT2D eigenvalue weighted by atomic mass is 9.98. The van der Waals surface area contributed by atoms with E-state index in [0.717, 1.165) is 26.0 Å². The molecule has 0 aromatic carbocycles. The zero-order valence-electron chi connectivity index (χ0n) is 12.4. The van der Waals surface area contributed by atoms with Crippen LogP contribution in [0.15, 0.2) is 0 Å². The van der Waals surface area contributed by atoms with Gasteiger partial charge < -0.3 is 10.1 Å². The number of ether oxygens (including phenoxy) is 1. The third kappa shape index (κ3) is 3.56. The van der Waals surface area contributed by atoms with Crippen LogP contribution in [0.5, 0.6) is 0 Å². The summed E-state index contributed by atoms with van der Waals surface area (Å²) in [4.78, 5) is 6.32. The molecule has 0 amide bonds. The second-order valence-electron chi connectivity index (χ2n) is 5.11. The highest BCUT2D eigenvalue weighted by Crippen LogP contribution is 2.37. The number of hydrogen-bond donors (Lipinski definition) is 1. The summed E-state index contributed by atoms with van der Waals surface area (Å²) in [7, 11) is 0. The number of hydrogen-bond acceptors (Lipinski definition) is 4. The first-order valence-corrected chi connectivity index (χ1v) is 8.46. The van der Waals surface area contributed by atoms with E-state index in [2.05, 4.69) is 26.1 Å². The van der Waals surface area contributed by atoms with Crippen molar-refractivity contribution in [1.29, 1.82) is 0 Å². The Kier molecular flexibility index (Phi) is 5.79. The lowest BCUT2D eigenvalue weighted by molar-refractivity contribution is 0.0595. The molecule has 1 aromatic rings. The lowest BCUT2D eigenvalue weighted by Gasteiger charge is -2.22. The Bertz CT molecular complexity index is 391. The zero-order chi connectivity index (χ0) is 13.7. The second kappa shape index (κ2) is 7.36. The zero-order valence-corrected chi connectivity index (χ0v) is 13.2. The molecule has 0 bridgehead atoms. The van der Waals surface area contributed by atoms with Crippen molar-refractivity contribution >= 4 is 11.3 Å². The van der Waals surface area contributed by atoms with Crippen LogP contribution >= 0.6 is 11.3 Å². The van der Waals surface area contributed by atoms with Crippen molar-refractivity contribution in [2.75, 3.05) is 13.2 Å². The molecule has 0 spiro atoms. The fourth-order valence-electron chi connectivity index (χ4n) is 2.65. The van der Waals surface area contributed by atoms with E-state index in [1.807, 2.05) is 11.3 Å². The Balaban J connectivity index is 2.15. The molecule has 19 heavy (non-hydrogen) atoms. The lowest BCUT2D eigenvalue weighted by Crippen LogP contribution is -2.24. The molecule has 0 saturated heterocycles. The summed E-state index contributed by atoms with van der Waals surface area (Å²) in [5, 5.41) is 4.84. The van der Waals surface area contributed by atoms with Crippen molar-refractivity contribution in [2.45, 2.75) is 65.0 Å². The summed E-state index contributed by atoms with van der Waals surface area (Å²) in [5.41, 5.74) is 1.32. The number of aryl methyl sites for hydroxylation is 1. The van der Waals surface area contributed by atoms with Crippen molar-refractivity contribution in [2.24, 2.45) is 0 Å². The number of nitrogens with one attached hydrogen (secondary N) is 1. The van der Waals surface area contributed by atoms with Crippen molar-refractivity contribution < 1.29 is 4.74 Å². The number of fused-ring (bicyclic) bond motifs is 1. The van der Waals surface area contributed by atoms with Crippen LogP contribution < -0.4 is 5.32 Å². The molecule has 0 saturated carbocycles. The van der Waals surface area contributed by atoms with Gasteiger partial charge in [0.2, 0.25) is 0 Å². The summed E-state index contributed by atoms with van der Waals surface area (Å²) in [6.07, 6.45) is 6.02. The van der Waals surface area contributed by atoms with Gasteiger partial charge in [0.15, 0.2) is 0 Å². The minimum atomic E-state index is 0.187. The quantitative estimate of drug-likeness (QED) is 0.820. The maximum Gasteiger partial charge on any atom is 0.122 e. The Morgan fingerprint density at radius 1 is 1.42 bits per heavy atom. The van der Waals surface area contributed by atoms with E-state index in [9.17, 15) is 0 Å². The minimum Gasteiger partial charge on any atom is -0.371 e. The Morgan fingerprint density at radius 3 is 2.95 bits per heavy atom. The summed E-state index contributed by atoms with van der Waals surface area (Å²) < 4.78 is 5.80. The van der Waals surface area contributed by atoms with Crippen LogP contribution in [0.3, 0.4) is 0 Å². The van der Waals surface area contributed by atoms with Gasteiger partial charge in [0, 0.05) is 17.5 Å². The largest absolute Gasteiger partial charge is 0.371 e. The van der Waals surface area contributed by atoms with Crippen LogP contribution in [0, 0.1) is 0 Å². The summed E-state index contributed by atoms with van der Waals surface area (Å²) in [6, 6.07) is 0.522. The Hall–Kier alpha value is -0.450. The Morgan fingerprint density at radius 2 is 2.26 bits per heavy atom. The van der Waals surface area contributed by atoms with Crippen LogP contribution in [0.25, 0.3) is 0 Å². The highest BCUT2D eigenvalue weighted by atomic mass is 32.1. The van der Waals surface area contributed by atoms with Crippen LogP contribution in [0.4, 0.5) is 0 Å².